The second-order valence-electron chi connectivity index (χ2n) is 4.62. The van der Waals surface area contributed by atoms with Crippen molar-refractivity contribution in [1.29, 1.82) is 0 Å². The molecule has 3 nitrogen and oxygen atoms in total. The molecule has 0 aliphatic heterocycles. The number of hydrogen-bond donors (Lipinski definition) is 1. The molecule has 2 atom stereocenters. The van der Waals surface area contributed by atoms with Crippen LogP contribution in [0.5, 0.6) is 0 Å². The highest BCUT2D eigenvalue weighted by molar-refractivity contribution is 7.80. The Hall–Kier alpha value is -1.16. The normalized spacial score (nSPS) is 22.9. The zero-order valence-electron chi connectivity index (χ0n) is 9.68. The van der Waals surface area contributed by atoms with Gasteiger partial charge in [-0.2, -0.15) is 0 Å². The Morgan fingerprint density at radius 3 is 2.94 bits per heavy atom. The third kappa shape index (κ3) is 2.50. The molecule has 16 heavy (non-hydrogen) atoms. The minimum atomic E-state index is 0.428. The largest absolute Gasteiger partial charge is 0.389 e. The van der Waals surface area contributed by atoms with E-state index in [0.717, 1.165) is 29.8 Å². The number of pyridine rings is 1. The Kier molecular flexibility index (Phi) is 3.10. The smallest absolute Gasteiger partial charge is 0.128 e. The maximum Gasteiger partial charge on any atom is 0.128 e. The quantitative estimate of drug-likeness (QED) is 0.808. The van der Waals surface area contributed by atoms with Gasteiger partial charge in [-0.05, 0) is 30.4 Å². The van der Waals surface area contributed by atoms with Gasteiger partial charge in [-0.1, -0.05) is 19.1 Å². The topological polar surface area (TPSA) is 42.1 Å². The van der Waals surface area contributed by atoms with Crippen molar-refractivity contribution < 1.29 is 0 Å². The Morgan fingerprint density at radius 2 is 2.38 bits per heavy atom. The predicted octanol–water partition coefficient (Wildman–Crippen LogP) is 1.81. The predicted molar refractivity (Wildman–Crippen MR) is 70.7 cm³/mol. The molecule has 2 N–H and O–H groups in total. The van der Waals surface area contributed by atoms with E-state index in [1.54, 1.807) is 6.20 Å². The molecule has 0 saturated heterocycles. The van der Waals surface area contributed by atoms with E-state index >= 15 is 0 Å². The van der Waals surface area contributed by atoms with Gasteiger partial charge in [0.25, 0.3) is 0 Å². The van der Waals surface area contributed by atoms with Crippen molar-refractivity contribution in [2.24, 2.45) is 17.6 Å². The van der Waals surface area contributed by atoms with Crippen LogP contribution in [-0.4, -0.2) is 23.6 Å². The van der Waals surface area contributed by atoms with Crippen molar-refractivity contribution in [2.75, 3.05) is 18.5 Å². The van der Waals surface area contributed by atoms with Crippen molar-refractivity contribution in [3.63, 3.8) is 0 Å². The van der Waals surface area contributed by atoms with E-state index in [4.69, 9.17) is 18.0 Å². The molecule has 1 aliphatic rings. The number of nitrogens with zero attached hydrogens (tertiary/aromatic N) is 2. The van der Waals surface area contributed by atoms with Crippen LogP contribution in [0.15, 0.2) is 18.3 Å². The first-order valence-corrected chi connectivity index (χ1v) is 5.95. The van der Waals surface area contributed by atoms with Crippen LogP contribution in [0.1, 0.15) is 18.9 Å². The lowest BCUT2D eigenvalue weighted by atomic mass is 10.2. The molecule has 1 heterocycles. The summed E-state index contributed by atoms with van der Waals surface area (Å²) in [4.78, 5) is 6.94. The van der Waals surface area contributed by atoms with Gasteiger partial charge in [-0.15, -0.1) is 0 Å². The first kappa shape index (κ1) is 11.3. The SMILES string of the molecule is CC1CC1CN(C)c1cc(C(N)=S)ccn1. The first-order valence-electron chi connectivity index (χ1n) is 5.55. The summed E-state index contributed by atoms with van der Waals surface area (Å²) in [5, 5.41) is 0. The Balaban J connectivity index is 2.07. The molecule has 1 aromatic heterocycles. The monoisotopic (exact) mass is 235 g/mol. The summed E-state index contributed by atoms with van der Waals surface area (Å²) in [6.45, 7) is 3.35. The summed E-state index contributed by atoms with van der Waals surface area (Å²) in [5.74, 6) is 2.63. The van der Waals surface area contributed by atoms with Gasteiger partial charge in [0.1, 0.15) is 10.8 Å². The summed E-state index contributed by atoms with van der Waals surface area (Å²) in [7, 11) is 2.07. The van der Waals surface area contributed by atoms with E-state index in [-0.39, 0.29) is 0 Å². The molecule has 0 radical (unpaired) electrons. The average Bonchev–Trinajstić information content (AvgIpc) is 2.94. The summed E-state index contributed by atoms with van der Waals surface area (Å²) in [6, 6.07) is 3.80. The standard InChI is InChI=1S/C12H17N3S/c1-8-5-10(8)7-15(2)11-6-9(12(13)16)3-4-14-11/h3-4,6,8,10H,5,7H2,1-2H3,(H2,13,16). The molecular formula is C12H17N3S. The highest BCUT2D eigenvalue weighted by Gasteiger charge is 2.33. The molecule has 1 fully saturated rings. The van der Waals surface area contributed by atoms with Crippen LogP contribution < -0.4 is 10.6 Å². The fourth-order valence-corrected chi connectivity index (χ4v) is 2.01. The van der Waals surface area contributed by atoms with Gasteiger partial charge in [0.05, 0.1) is 0 Å². The number of hydrogen-bond acceptors (Lipinski definition) is 3. The summed E-state index contributed by atoms with van der Waals surface area (Å²) >= 11 is 4.96. The molecule has 0 spiro atoms. The van der Waals surface area contributed by atoms with E-state index in [0.29, 0.717) is 4.99 Å². The average molecular weight is 235 g/mol. The maximum atomic E-state index is 5.60. The minimum Gasteiger partial charge on any atom is -0.389 e. The van der Waals surface area contributed by atoms with Crippen LogP contribution in [0.25, 0.3) is 0 Å². The van der Waals surface area contributed by atoms with Gasteiger partial charge >= 0.3 is 0 Å². The van der Waals surface area contributed by atoms with Gasteiger partial charge in [-0.25, -0.2) is 4.98 Å². The van der Waals surface area contributed by atoms with E-state index in [1.165, 1.54) is 6.42 Å². The van der Waals surface area contributed by atoms with E-state index in [1.807, 2.05) is 12.1 Å². The van der Waals surface area contributed by atoms with Gasteiger partial charge in [-0.3, -0.25) is 0 Å². The third-order valence-corrected chi connectivity index (χ3v) is 3.44. The van der Waals surface area contributed by atoms with Gasteiger partial charge in [0, 0.05) is 25.4 Å². The molecule has 86 valence electrons. The van der Waals surface area contributed by atoms with E-state index in [2.05, 4.69) is 23.9 Å². The number of thiocarbonyl (C=S) groups is 1. The summed E-state index contributed by atoms with van der Waals surface area (Å²) < 4.78 is 0. The van der Waals surface area contributed by atoms with Crippen molar-refractivity contribution in [3.05, 3.63) is 23.9 Å². The maximum absolute atomic E-state index is 5.60. The molecule has 2 unspecified atom stereocenters. The summed E-state index contributed by atoms with van der Waals surface area (Å²) in [5.41, 5.74) is 6.49. The fourth-order valence-electron chi connectivity index (χ4n) is 1.88. The molecule has 4 heteroatoms. The second-order valence-corrected chi connectivity index (χ2v) is 5.06. The Labute approximate surface area is 102 Å². The van der Waals surface area contributed by atoms with Crippen LogP contribution in [0.3, 0.4) is 0 Å². The van der Waals surface area contributed by atoms with Crippen LogP contribution >= 0.6 is 12.2 Å². The fraction of sp³-hybridized carbons (Fsp3) is 0.500. The minimum absolute atomic E-state index is 0.428. The molecule has 1 aromatic rings. The molecular weight excluding hydrogens is 218 g/mol. The number of anilines is 1. The zero-order chi connectivity index (χ0) is 11.7. The van der Waals surface area contributed by atoms with Crippen molar-refractivity contribution in [3.8, 4) is 0 Å². The van der Waals surface area contributed by atoms with Gasteiger partial charge in [0.2, 0.25) is 0 Å². The molecule has 1 saturated carbocycles. The van der Waals surface area contributed by atoms with Gasteiger partial charge in [0.15, 0.2) is 0 Å². The van der Waals surface area contributed by atoms with Crippen molar-refractivity contribution in [1.82, 2.24) is 4.98 Å². The van der Waals surface area contributed by atoms with Crippen LogP contribution in [0.2, 0.25) is 0 Å². The van der Waals surface area contributed by atoms with Crippen molar-refractivity contribution in [2.45, 2.75) is 13.3 Å². The first-order chi connectivity index (χ1) is 7.58. The number of nitrogens with two attached hydrogens (primary N) is 1. The highest BCUT2D eigenvalue weighted by Crippen LogP contribution is 2.38. The second kappa shape index (κ2) is 4.37. The zero-order valence-corrected chi connectivity index (χ0v) is 10.5. The van der Waals surface area contributed by atoms with Crippen LogP contribution in [0.4, 0.5) is 5.82 Å². The third-order valence-electron chi connectivity index (χ3n) is 3.21. The Bertz CT molecular complexity index is 405. The highest BCUT2D eigenvalue weighted by atomic mass is 32.1. The van der Waals surface area contributed by atoms with Crippen LogP contribution in [-0.2, 0) is 0 Å². The molecule has 1 aliphatic carbocycles. The lowest BCUT2D eigenvalue weighted by molar-refractivity contribution is 0.719. The molecule has 0 aromatic carbocycles. The van der Waals surface area contributed by atoms with E-state index < -0.39 is 0 Å². The molecule has 2 rings (SSSR count). The lowest BCUT2D eigenvalue weighted by Gasteiger charge is -2.18. The number of aromatic nitrogens is 1. The molecule has 0 amide bonds. The van der Waals surface area contributed by atoms with Crippen molar-refractivity contribution >= 4 is 23.0 Å². The summed E-state index contributed by atoms with van der Waals surface area (Å²) in [6.07, 6.45) is 3.09. The lowest BCUT2D eigenvalue weighted by Crippen LogP contribution is -2.22. The number of rotatable bonds is 4. The van der Waals surface area contributed by atoms with Crippen LogP contribution in [0, 0.1) is 11.8 Å². The van der Waals surface area contributed by atoms with Gasteiger partial charge < -0.3 is 10.6 Å². The Morgan fingerprint density at radius 1 is 1.69 bits per heavy atom. The van der Waals surface area contributed by atoms with E-state index in [9.17, 15) is 0 Å². The molecule has 0 bridgehead atoms.